The van der Waals surface area contributed by atoms with Gasteiger partial charge in [0.05, 0.1) is 6.10 Å². The molecule has 1 atom stereocenters. The number of carboxylic acid groups (broad SMARTS) is 1. The number of ketones is 1. The fraction of sp³-hybridized carbons (Fsp3) is 0.263. The van der Waals surface area contributed by atoms with Gasteiger partial charge < -0.3 is 10.2 Å². The van der Waals surface area contributed by atoms with E-state index in [0.717, 1.165) is 47.6 Å². The molecule has 0 bridgehead atoms. The Morgan fingerprint density at radius 1 is 1.04 bits per heavy atom. The predicted octanol–water partition coefficient (Wildman–Crippen LogP) is 3.30. The Bertz CT molecular complexity index is 728. The van der Waals surface area contributed by atoms with E-state index in [1.54, 1.807) is 6.92 Å². The van der Waals surface area contributed by atoms with E-state index in [-0.39, 0.29) is 11.9 Å². The quantitative estimate of drug-likeness (QED) is 0.778. The van der Waals surface area contributed by atoms with Crippen LogP contribution in [0.4, 0.5) is 0 Å². The summed E-state index contributed by atoms with van der Waals surface area (Å²) in [6.07, 6.45) is 1.22. The summed E-state index contributed by atoms with van der Waals surface area (Å²) in [6.45, 7) is 2.87. The van der Waals surface area contributed by atoms with Crippen molar-refractivity contribution in [2.45, 2.75) is 32.8 Å². The maximum atomic E-state index is 12.3. The van der Waals surface area contributed by atoms with E-state index in [1.165, 1.54) is 0 Å². The van der Waals surface area contributed by atoms with Crippen LogP contribution < -0.4 is 0 Å². The SMILES string of the molecule is CC(=O)O.CC(O)CCc1ccc2c(c1)C(=O)c1ccccc1-2. The maximum Gasteiger partial charge on any atom is 0.300 e. The zero-order chi connectivity index (χ0) is 17.0. The molecular formula is C19H20O4. The zero-order valence-electron chi connectivity index (χ0n) is 13.2. The molecular weight excluding hydrogens is 292 g/mol. The molecule has 0 heterocycles. The Morgan fingerprint density at radius 2 is 1.61 bits per heavy atom. The van der Waals surface area contributed by atoms with E-state index in [4.69, 9.17) is 9.90 Å². The van der Waals surface area contributed by atoms with E-state index in [9.17, 15) is 9.90 Å². The monoisotopic (exact) mass is 312 g/mol. The van der Waals surface area contributed by atoms with Crippen molar-refractivity contribution in [1.82, 2.24) is 0 Å². The Hall–Kier alpha value is -2.46. The summed E-state index contributed by atoms with van der Waals surface area (Å²) in [4.78, 5) is 21.3. The van der Waals surface area contributed by atoms with Crippen molar-refractivity contribution in [3.8, 4) is 11.1 Å². The van der Waals surface area contributed by atoms with Crippen LogP contribution in [0, 0.1) is 0 Å². The molecule has 1 aliphatic carbocycles. The molecule has 0 spiro atoms. The lowest BCUT2D eigenvalue weighted by Crippen LogP contribution is -2.02. The number of carbonyl (C=O) groups excluding carboxylic acids is 1. The second-order valence-corrected chi connectivity index (χ2v) is 5.66. The van der Waals surface area contributed by atoms with Crippen LogP contribution in [-0.4, -0.2) is 28.1 Å². The molecule has 0 aliphatic heterocycles. The molecule has 0 amide bonds. The van der Waals surface area contributed by atoms with E-state index < -0.39 is 5.97 Å². The van der Waals surface area contributed by atoms with E-state index in [0.29, 0.717) is 0 Å². The number of hydrogen-bond acceptors (Lipinski definition) is 3. The molecule has 1 unspecified atom stereocenters. The number of aliphatic carboxylic acids is 1. The molecule has 0 fully saturated rings. The first kappa shape index (κ1) is 16.9. The Kier molecular flexibility index (Phi) is 5.29. The number of carbonyl (C=O) groups is 2. The minimum absolute atomic E-state index is 0.115. The van der Waals surface area contributed by atoms with Crippen molar-refractivity contribution < 1.29 is 19.8 Å². The van der Waals surface area contributed by atoms with Crippen LogP contribution in [0.1, 0.15) is 41.8 Å². The maximum absolute atomic E-state index is 12.3. The van der Waals surface area contributed by atoms with Gasteiger partial charge in [0.25, 0.3) is 5.97 Å². The second kappa shape index (κ2) is 7.20. The average Bonchev–Trinajstić information content (AvgIpc) is 2.78. The van der Waals surface area contributed by atoms with Gasteiger partial charge in [-0.3, -0.25) is 9.59 Å². The molecule has 2 aromatic carbocycles. The highest BCUT2D eigenvalue weighted by molar-refractivity contribution is 6.21. The lowest BCUT2D eigenvalue weighted by molar-refractivity contribution is -0.134. The minimum Gasteiger partial charge on any atom is -0.481 e. The van der Waals surface area contributed by atoms with Crippen LogP contribution in [0.3, 0.4) is 0 Å². The molecule has 4 heteroatoms. The molecule has 0 saturated carbocycles. The number of aryl methyl sites for hydroxylation is 1. The van der Waals surface area contributed by atoms with Gasteiger partial charge in [-0.05, 0) is 42.5 Å². The lowest BCUT2D eigenvalue weighted by Gasteiger charge is -2.06. The highest BCUT2D eigenvalue weighted by atomic mass is 16.4. The van der Waals surface area contributed by atoms with E-state index in [2.05, 4.69) is 6.07 Å². The van der Waals surface area contributed by atoms with Crippen LogP contribution in [0.2, 0.25) is 0 Å². The Balaban J connectivity index is 0.000000433. The number of hydrogen-bond donors (Lipinski definition) is 2. The normalized spacial score (nSPS) is 12.7. The Morgan fingerprint density at radius 3 is 2.22 bits per heavy atom. The third-order valence-electron chi connectivity index (χ3n) is 3.64. The van der Waals surface area contributed by atoms with Gasteiger partial charge in [-0.2, -0.15) is 0 Å². The molecule has 4 nitrogen and oxygen atoms in total. The summed E-state index contributed by atoms with van der Waals surface area (Å²) in [5.41, 5.74) is 4.77. The molecule has 0 aromatic heterocycles. The van der Waals surface area contributed by atoms with Crippen molar-refractivity contribution in [1.29, 1.82) is 0 Å². The van der Waals surface area contributed by atoms with Gasteiger partial charge in [0.15, 0.2) is 5.78 Å². The van der Waals surface area contributed by atoms with Crippen molar-refractivity contribution >= 4 is 11.8 Å². The largest absolute Gasteiger partial charge is 0.481 e. The van der Waals surface area contributed by atoms with Crippen molar-refractivity contribution in [2.24, 2.45) is 0 Å². The van der Waals surface area contributed by atoms with Crippen LogP contribution in [0.5, 0.6) is 0 Å². The molecule has 1 aliphatic rings. The summed E-state index contributed by atoms with van der Waals surface area (Å²) in [5, 5.41) is 16.8. The van der Waals surface area contributed by atoms with E-state index >= 15 is 0 Å². The van der Waals surface area contributed by atoms with Crippen molar-refractivity contribution in [2.75, 3.05) is 0 Å². The second-order valence-electron chi connectivity index (χ2n) is 5.66. The summed E-state index contributed by atoms with van der Waals surface area (Å²) in [6, 6.07) is 13.8. The van der Waals surface area contributed by atoms with Gasteiger partial charge in [-0.15, -0.1) is 0 Å². The van der Waals surface area contributed by atoms with Gasteiger partial charge in [0.2, 0.25) is 0 Å². The number of carboxylic acids is 1. The van der Waals surface area contributed by atoms with Gasteiger partial charge in [-0.1, -0.05) is 36.4 Å². The predicted molar refractivity (Wildman–Crippen MR) is 88.6 cm³/mol. The number of fused-ring (bicyclic) bond motifs is 3. The fourth-order valence-electron chi connectivity index (χ4n) is 2.61. The first-order valence-corrected chi connectivity index (χ1v) is 7.54. The van der Waals surface area contributed by atoms with Crippen LogP contribution in [0.15, 0.2) is 42.5 Å². The van der Waals surface area contributed by atoms with Gasteiger partial charge in [0.1, 0.15) is 0 Å². The molecule has 0 saturated heterocycles. The zero-order valence-corrected chi connectivity index (χ0v) is 13.2. The van der Waals surface area contributed by atoms with E-state index in [1.807, 2.05) is 36.4 Å². The summed E-state index contributed by atoms with van der Waals surface area (Å²) in [7, 11) is 0. The van der Waals surface area contributed by atoms with Gasteiger partial charge >= 0.3 is 0 Å². The summed E-state index contributed by atoms with van der Waals surface area (Å²) in [5.74, 6) is -0.718. The van der Waals surface area contributed by atoms with Crippen LogP contribution >= 0.6 is 0 Å². The fourth-order valence-corrected chi connectivity index (χ4v) is 2.61. The van der Waals surface area contributed by atoms with Crippen LogP contribution in [0.25, 0.3) is 11.1 Å². The first-order valence-electron chi connectivity index (χ1n) is 7.54. The Labute approximate surface area is 135 Å². The van der Waals surface area contributed by atoms with Gasteiger partial charge in [-0.25, -0.2) is 0 Å². The van der Waals surface area contributed by atoms with Crippen molar-refractivity contribution in [3.63, 3.8) is 0 Å². The van der Waals surface area contributed by atoms with Gasteiger partial charge in [0, 0.05) is 18.1 Å². The molecule has 23 heavy (non-hydrogen) atoms. The standard InChI is InChI=1S/C17H16O2.C2H4O2/c1-11(18)6-7-12-8-9-14-13-4-2-3-5-15(13)17(19)16(14)10-12;1-2(3)4/h2-5,8-11,18H,6-7H2,1H3;1H3,(H,3,4). The molecule has 2 aromatic rings. The highest BCUT2D eigenvalue weighted by Crippen LogP contribution is 2.36. The topological polar surface area (TPSA) is 74.6 Å². The number of aliphatic hydroxyl groups excluding tert-OH is 1. The first-order chi connectivity index (χ1) is 10.9. The lowest BCUT2D eigenvalue weighted by atomic mass is 10.0. The third kappa shape index (κ3) is 4.05. The summed E-state index contributed by atoms with van der Waals surface area (Å²) >= 11 is 0. The third-order valence-corrected chi connectivity index (χ3v) is 3.64. The highest BCUT2D eigenvalue weighted by Gasteiger charge is 2.25. The summed E-state index contributed by atoms with van der Waals surface area (Å²) < 4.78 is 0. The molecule has 120 valence electrons. The number of rotatable bonds is 3. The van der Waals surface area contributed by atoms with Crippen LogP contribution in [-0.2, 0) is 11.2 Å². The molecule has 3 rings (SSSR count). The molecule has 0 radical (unpaired) electrons. The molecule has 2 N–H and O–H groups in total. The smallest absolute Gasteiger partial charge is 0.300 e. The van der Waals surface area contributed by atoms with Crippen molar-refractivity contribution in [3.05, 3.63) is 59.2 Å². The minimum atomic E-state index is -0.833. The average molecular weight is 312 g/mol. The number of aliphatic hydroxyl groups is 1. The number of benzene rings is 2.